The van der Waals surface area contributed by atoms with E-state index in [1.54, 1.807) is 24.3 Å². The second-order valence-electron chi connectivity index (χ2n) is 4.08. The Balaban J connectivity index is 2.16. The lowest BCUT2D eigenvalue weighted by Gasteiger charge is -2.04. The highest BCUT2D eigenvalue weighted by molar-refractivity contribution is 5.32. The van der Waals surface area contributed by atoms with Gasteiger partial charge in [-0.15, -0.1) is 12.3 Å². The van der Waals surface area contributed by atoms with Gasteiger partial charge in [-0.05, 0) is 37.9 Å². The minimum atomic E-state index is -0.381. The SMILES string of the molecule is C#CCCCCNCCc1ccc([N+](=O)[O-])cc1. The van der Waals surface area contributed by atoms with Crippen LogP contribution in [0.5, 0.6) is 0 Å². The summed E-state index contributed by atoms with van der Waals surface area (Å²) in [6.07, 6.45) is 9.02. The Kier molecular flexibility index (Phi) is 6.52. The largest absolute Gasteiger partial charge is 0.316 e. The minimum absolute atomic E-state index is 0.140. The van der Waals surface area contributed by atoms with E-state index in [-0.39, 0.29) is 10.6 Å². The summed E-state index contributed by atoms with van der Waals surface area (Å²) in [7, 11) is 0. The fourth-order valence-electron chi connectivity index (χ4n) is 1.62. The predicted molar refractivity (Wildman–Crippen MR) is 72.4 cm³/mol. The lowest BCUT2D eigenvalue weighted by atomic mass is 10.1. The van der Waals surface area contributed by atoms with E-state index in [4.69, 9.17) is 6.42 Å². The molecule has 0 heterocycles. The molecule has 1 N–H and O–H groups in total. The first kappa shape index (κ1) is 14.2. The number of benzene rings is 1. The number of nitro groups is 1. The molecule has 0 amide bonds. The summed E-state index contributed by atoms with van der Waals surface area (Å²) in [5.74, 6) is 2.62. The molecule has 0 atom stereocenters. The van der Waals surface area contributed by atoms with Crippen LogP contribution in [0.2, 0.25) is 0 Å². The van der Waals surface area contributed by atoms with E-state index in [0.717, 1.165) is 44.3 Å². The molecule has 4 nitrogen and oxygen atoms in total. The summed E-state index contributed by atoms with van der Waals surface area (Å²) in [5, 5.41) is 13.8. The molecule has 1 aromatic carbocycles. The molecule has 0 spiro atoms. The second kappa shape index (κ2) is 8.26. The maximum Gasteiger partial charge on any atom is 0.269 e. The molecule has 18 heavy (non-hydrogen) atoms. The summed E-state index contributed by atoms with van der Waals surface area (Å²) in [4.78, 5) is 10.1. The first-order valence-corrected chi connectivity index (χ1v) is 6.11. The standard InChI is InChI=1S/C14H18N2O2/c1-2-3-4-5-11-15-12-10-13-6-8-14(9-7-13)16(17)18/h1,6-9,15H,3-5,10-12H2. The Bertz CT molecular complexity index is 407. The quantitative estimate of drug-likeness (QED) is 0.332. The number of hydrogen-bond acceptors (Lipinski definition) is 3. The highest BCUT2D eigenvalue weighted by atomic mass is 16.6. The van der Waals surface area contributed by atoms with Crippen molar-refractivity contribution in [3.63, 3.8) is 0 Å². The van der Waals surface area contributed by atoms with Crippen LogP contribution >= 0.6 is 0 Å². The van der Waals surface area contributed by atoms with Crippen molar-refractivity contribution in [1.29, 1.82) is 0 Å². The first-order valence-electron chi connectivity index (χ1n) is 6.11. The molecule has 0 aliphatic heterocycles. The highest BCUT2D eigenvalue weighted by Gasteiger charge is 2.03. The van der Waals surface area contributed by atoms with Crippen LogP contribution in [-0.4, -0.2) is 18.0 Å². The molecule has 0 aliphatic rings. The number of rotatable bonds is 8. The lowest BCUT2D eigenvalue weighted by Crippen LogP contribution is -2.18. The minimum Gasteiger partial charge on any atom is -0.316 e. The summed E-state index contributed by atoms with van der Waals surface area (Å²) < 4.78 is 0. The molecule has 1 aromatic rings. The Labute approximate surface area is 108 Å². The van der Waals surface area contributed by atoms with Gasteiger partial charge in [-0.2, -0.15) is 0 Å². The van der Waals surface area contributed by atoms with Crippen molar-refractivity contribution in [2.45, 2.75) is 25.7 Å². The van der Waals surface area contributed by atoms with Gasteiger partial charge in [0.1, 0.15) is 0 Å². The van der Waals surface area contributed by atoms with Gasteiger partial charge in [-0.25, -0.2) is 0 Å². The van der Waals surface area contributed by atoms with Gasteiger partial charge in [0.25, 0.3) is 5.69 Å². The molecule has 0 fully saturated rings. The molecule has 0 radical (unpaired) electrons. The second-order valence-corrected chi connectivity index (χ2v) is 4.08. The van der Waals surface area contributed by atoms with Crippen LogP contribution < -0.4 is 5.32 Å². The van der Waals surface area contributed by atoms with Crippen LogP contribution in [0.25, 0.3) is 0 Å². The molecule has 1 rings (SSSR count). The zero-order chi connectivity index (χ0) is 13.2. The third-order valence-corrected chi connectivity index (χ3v) is 2.66. The van der Waals surface area contributed by atoms with E-state index in [9.17, 15) is 10.1 Å². The first-order chi connectivity index (χ1) is 8.74. The van der Waals surface area contributed by atoms with E-state index < -0.39 is 0 Å². The van der Waals surface area contributed by atoms with Crippen LogP contribution in [0, 0.1) is 22.5 Å². The number of terminal acetylenes is 1. The third kappa shape index (κ3) is 5.46. The van der Waals surface area contributed by atoms with Crippen LogP contribution in [0.3, 0.4) is 0 Å². The Morgan fingerprint density at radius 3 is 2.56 bits per heavy atom. The molecule has 4 heteroatoms. The number of nitrogens with one attached hydrogen (secondary N) is 1. The van der Waals surface area contributed by atoms with Crippen LogP contribution in [0.15, 0.2) is 24.3 Å². The molecular weight excluding hydrogens is 228 g/mol. The summed E-state index contributed by atoms with van der Waals surface area (Å²) in [5.41, 5.74) is 1.25. The van der Waals surface area contributed by atoms with E-state index in [1.165, 1.54) is 0 Å². The molecule has 0 saturated heterocycles. The number of nitro benzene ring substituents is 1. The van der Waals surface area contributed by atoms with Gasteiger partial charge in [0.05, 0.1) is 4.92 Å². The maximum atomic E-state index is 10.5. The Morgan fingerprint density at radius 2 is 1.94 bits per heavy atom. The molecule has 0 unspecified atom stereocenters. The van der Waals surface area contributed by atoms with Crippen LogP contribution in [0.4, 0.5) is 5.69 Å². The van der Waals surface area contributed by atoms with Gasteiger partial charge in [0, 0.05) is 18.6 Å². The van der Waals surface area contributed by atoms with Gasteiger partial charge >= 0.3 is 0 Å². The van der Waals surface area contributed by atoms with Crippen LogP contribution in [0.1, 0.15) is 24.8 Å². The van der Waals surface area contributed by atoms with Crippen molar-refractivity contribution < 1.29 is 4.92 Å². The fraction of sp³-hybridized carbons (Fsp3) is 0.429. The molecule has 0 aromatic heterocycles. The average molecular weight is 246 g/mol. The van der Waals surface area contributed by atoms with E-state index in [0.29, 0.717) is 0 Å². The smallest absolute Gasteiger partial charge is 0.269 e. The van der Waals surface area contributed by atoms with Crippen molar-refractivity contribution in [3.05, 3.63) is 39.9 Å². The molecule has 0 bridgehead atoms. The van der Waals surface area contributed by atoms with Crippen LogP contribution in [-0.2, 0) is 6.42 Å². The fourth-order valence-corrected chi connectivity index (χ4v) is 1.62. The summed E-state index contributed by atoms with van der Waals surface area (Å²) >= 11 is 0. The molecular formula is C14H18N2O2. The highest BCUT2D eigenvalue weighted by Crippen LogP contribution is 2.11. The Hall–Kier alpha value is -1.86. The van der Waals surface area contributed by atoms with Gasteiger partial charge in [0.2, 0.25) is 0 Å². The van der Waals surface area contributed by atoms with Crippen molar-refractivity contribution in [2.24, 2.45) is 0 Å². The molecule has 96 valence electrons. The topological polar surface area (TPSA) is 55.2 Å². The van der Waals surface area contributed by atoms with Crippen molar-refractivity contribution in [2.75, 3.05) is 13.1 Å². The summed E-state index contributed by atoms with van der Waals surface area (Å²) in [6.45, 7) is 1.85. The van der Waals surface area contributed by atoms with Gasteiger partial charge in [-0.1, -0.05) is 12.1 Å². The average Bonchev–Trinajstić information content (AvgIpc) is 2.38. The van der Waals surface area contributed by atoms with Gasteiger partial charge in [-0.3, -0.25) is 10.1 Å². The van der Waals surface area contributed by atoms with Crippen molar-refractivity contribution >= 4 is 5.69 Å². The monoisotopic (exact) mass is 246 g/mol. The molecule has 0 saturated carbocycles. The zero-order valence-corrected chi connectivity index (χ0v) is 10.4. The predicted octanol–water partition coefficient (Wildman–Crippen LogP) is 2.53. The van der Waals surface area contributed by atoms with E-state index in [1.807, 2.05) is 0 Å². The van der Waals surface area contributed by atoms with Crippen molar-refractivity contribution in [3.8, 4) is 12.3 Å². The molecule has 0 aliphatic carbocycles. The third-order valence-electron chi connectivity index (χ3n) is 2.66. The summed E-state index contributed by atoms with van der Waals surface area (Å²) in [6, 6.07) is 6.70. The number of nitrogens with zero attached hydrogens (tertiary/aromatic N) is 1. The van der Waals surface area contributed by atoms with E-state index in [2.05, 4.69) is 11.2 Å². The number of hydrogen-bond donors (Lipinski definition) is 1. The Morgan fingerprint density at radius 1 is 1.22 bits per heavy atom. The van der Waals surface area contributed by atoms with E-state index >= 15 is 0 Å². The lowest BCUT2D eigenvalue weighted by molar-refractivity contribution is -0.384. The van der Waals surface area contributed by atoms with Crippen molar-refractivity contribution in [1.82, 2.24) is 5.32 Å². The zero-order valence-electron chi connectivity index (χ0n) is 10.4. The maximum absolute atomic E-state index is 10.5. The van der Waals surface area contributed by atoms with Gasteiger partial charge < -0.3 is 5.32 Å². The normalized spacial score (nSPS) is 9.94. The number of non-ortho nitro benzene ring substituents is 1. The number of unbranched alkanes of at least 4 members (excludes halogenated alkanes) is 2. The van der Waals surface area contributed by atoms with Gasteiger partial charge in [0.15, 0.2) is 0 Å².